The van der Waals surface area contributed by atoms with Crippen molar-refractivity contribution in [3.63, 3.8) is 0 Å². The molecular formula is C13H18N2O3. The van der Waals surface area contributed by atoms with E-state index in [1.165, 1.54) is 11.9 Å². The normalized spacial score (nSPS) is 11.8. The van der Waals surface area contributed by atoms with Gasteiger partial charge in [0.1, 0.15) is 0 Å². The maximum absolute atomic E-state index is 11.7. The molecule has 1 rings (SSSR count). The largest absolute Gasteiger partial charge is 0.394 e. The van der Waals surface area contributed by atoms with Gasteiger partial charge in [-0.3, -0.25) is 9.59 Å². The Morgan fingerprint density at radius 3 is 2.39 bits per heavy atom. The summed E-state index contributed by atoms with van der Waals surface area (Å²) >= 11 is 0. The highest BCUT2D eigenvalue weighted by atomic mass is 16.3. The van der Waals surface area contributed by atoms with Crippen LogP contribution in [0.5, 0.6) is 0 Å². The van der Waals surface area contributed by atoms with Crippen LogP contribution < -0.4 is 5.32 Å². The minimum atomic E-state index is -0.707. The smallest absolute Gasteiger partial charge is 0.313 e. The molecule has 0 aliphatic heterocycles. The Balaban J connectivity index is 2.65. The van der Waals surface area contributed by atoms with Gasteiger partial charge < -0.3 is 15.3 Å². The van der Waals surface area contributed by atoms with Gasteiger partial charge in [-0.2, -0.15) is 0 Å². The molecule has 5 heteroatoms. The molecule has 0 bridgehead atoms. The number of carbonyl (C=O) groups excluding carboxylic acids is 2. The van der Waals surface area contributed by atoms with Crippen molar-refractivity contribution in [3.05, 3.63) is 29.8 Å². The summed E-state index contributed by atoms with van der Waals surface area (Å²) in [6, 6.07) is 6.77. The van der Waals surface area contributed by atoms with Crippen LogP contribution >= 0.6 is 0 Å². The van der Waals surface area contributed by atoms with E-state index in [0.717, 1.165) is 5.56 Å². The number of hydrogen-bond donors (Lipinski definition) is 2. The third-order valence-corrected chi connectivity index (χ3v) is 2.75. The van der Waals surface area contributed by atoms with Crippen molar-refractivity contribution in [2.24, 2.45) is 0 Å². The van der Waals surface area contributed by atoms with E-state index >= 15 is 0 Å². The Morgan fingerprint density at radius 2 is 1.89 bits per heavy atom. The van der Waals surface area contributed by atoms with E-state index in [2.05, 4.69) is 5.32 Å². The summed E-state index contributed by atoms with van der Waals surface area (Å²) in [4.78, 5) is 24.6. The zero-order valence-corrected chi connectivity index (χ0v) is 10.8. The summed E-state index contributed by atoms with van der Waals surface area (Å²) in [5.74, 6) is -1.38. The van der Waals surface area contributed by atoms with Gasteiger partial charge in [0.15, 0.2) is 0 Å². The van der Waals surface area contributed by atoms with Crippen LogP contribution in [0.3, 0.4) is 0 Å². The van der Waals surface area contributed by atoms with Crippen LogP contribution in [0.25, 0.3) is 0 Å². The van der Waals surface area contributed by atoms with Gasteiger partial charge in [-0.1, -0.05) is 17.7 Å². The molecule has 0 aliphatic carbocycles. The Morgan fingerprint density at radius 1 is 1.33 bits per heavy atom. The summed E-state index contributed by atoms with van der Waals surface area (Å²) in [6.45, 7) is 3.42. The first-order valence-electron chi connectivity index (χ1n) is 5.71. The van der Waals surface area contributed by atoms with Gasteiger partial charge >= 0.3 is 11.8 Å². The maximum atomic E-state index is 11.7. The molecule has 0 fully saturated rings. The standard InChI is InChI=1S/C13H18N2O3/c1-9-4-6-11(7-5-9)14-12(17)13(18)15(3)10(2)8-16/h4-7,10,16H,8H2,1-3H3,(H,14,17). The molecule has 1 aromatic carbocycles. The number of amides is 2. The third kappa shape index (κ3) is 3.56. The zero-order valence-electron chi connectivity index (χ0n) is 10.8. The molecule has 0 spiro atoms. The zero-order chi connectivity index (χ0) is 13.7. The lowest BCUT2D eigenvalue weighted by molar-refractivity contribution is -0.143. The summed E-state index contributed by atoms with van der Waals surface area (Å²) in [5, 5.41) is 11.4. The average Bonchev–Trinajstić information content (AvgIpc) is 2.38. The molecular weight excluding hydrogens is 232 g/mol. The summed E-state index contributed by atoms with van der Waals surface area (Å²) in [7, 11) is 1.48. The van der Waals surface area contributed by atoms with Crippen LogP contribution in [0.1, 0.15) is 12.5 Å². The minimum absolute atomic E-state index is 0.181. The Bertz CT molecular complexity index is 428. The number of anilines is 1. The van der Waals surface area contributed by atoms with E-state index < -0.39 is 11.8 Å². The van der Waals surface area contributed by atoms with Gasteiger partial charge in [-0.25, -0.2) is 0 Å². The van der Waals surface area contributed by atoms with Gasteiger partial charge in [0.05, 0.1) is 12.6 Å². The molecule has 18 heavy (non-hydrogen) atoms. The summed E-state index contributed by atoms with van der Waals surface area (Å²) in [6.07, 6.45) is 0. The van der Waals surface area contributed by atoms with Crippen LogP contribution in [0.2, 0.25) is 0 Å². The van der Waals surface area contributed by atoms with Crippen molar-refractivity contribution < 1.29 is 14.7 Å². The van der Waals surface area contributed by atoms with Crippen LogP contribution in [0.15, 0.2) is 24.3 Å². The number of benzene rings is 1. The van der Waals surface area contributed by atoms with E-state index in [0.29, 0.717) is 5.69 Å². The van der Waals surface area contributed by atoms with Crippen molar-refractivity contribution in [2.45, 2.75) is 19.9 Å². The van der Waals surface area contributed by atoms with Crippen molar-refractivity contribution in [1.82, 2.24) is 4.90 Å². The van der Waals surface area contributed by atoms with Crippen molar-refractivity contribution in [2.75, 3.05) is 19.0 Å². The quantitative estimate of drug-likeness (QED) is 0.779. The van der Waals surface area contributed by atoms with Gasteiger partial charge in [0, 0.05) is 12.7 Å². The van der Waals surface area contributed by atoms with Gasteiger partial charge in [0.25, 0.3) is 0 Å². The van der Waals surface area contributed by atoms with E-state index in [9.17, 15) is 9.59 Å². The number of hydrogen-bond acceptors (Lipinski definition) is 3. The molecule has 1 atom stereocenters. The molecule has 0 saturated carbocycles. The number of rotatable bonds is 3. The average molecular weight is 250 g/mol. The lowest BCUT2D eigenvalue weighted by Crippen LogP contribution is -2.43. The van der Waals surface area contributed by atoms with Gasteiger partial charge in [-0.15, -0.1) is 0 Å². The monoisotopic (exact) mass is 250 g/mol. The fourth-order valence-electron chi connectivity index (χ4n) is 1.30. The molecule has 5 nitrogen and oxygen atoms in total. The number of carbonyl (C=O) groups is 2. The van der Waals surface area contributed by atoms with Crippen LogP contribution in [0, 0.1) is 6.92 Å². The van der Waals surface area contributed by atoms with E-state index in [1.807, 2.05) is 19.1 Å². The van der Waals surface area contributed by atoms with Crippen LogP contribution in [-0.2, 0) is 9.59 Å². The number of likely N-dealkylation sites (N-methyl/N-ethyl adjacent to an activating group) is 1. The summed E-state index contributed by atoms with van der Waals surface area (Å²) < 4.78 is 0. The summed E-state index contributed by atoms with van der Waals surface area (Å²) in [5.41, 5.74) is 1.65. The molecule has 0 saturated heterocycles. The van der Waals surface area contributed by atoms with Crippen molar-refractivity contribution >= 4 is 17.5 Å². The van der Waals surface area contributed by atoms with Gasteiger partial charge in [-0.05, 0) is 26.0 Å². The molecule has 0 aromatic heterocycles. The molecule has 98 valence electrons. The highest BCUT2D eigenvalue weighted by Crippen LogP contribution is 2.09. The second-order valence-electron chi connectivity index (χ2n) is 4.27. The SMILES string of the molecule is Cc1ccc(NC(=O)C(=O)N(C)C(C)CO)cc1. The predicted molar refractivity (Wildman–Crippen MR) is 69.1 cm³/mol. The Labute approximate surface area is 106 Å². The first kappa shape index (κ1) is 14.2. The maximum Gasteiger partial charge on any atom is 0.313 e. The van der Waals surface area contributed by atoms with E-state index in [1.54, 1.807) is 19.1 Å². The number of aliphatic hydroxyl groups excluding tert-OH is 1. The van der Waals surface area contributed by atoms with Crippen LogP contribution in [0.4, 0.5) is 5.69 Å². The van der Waals surface area contributed by atoms with E-state index in [-0.39, 0.29) is 12.6 Å². The predicted octanol–water partition coefficient (Wildman–Crippen LogP) is 0.773. The number of aliphatic hydroxyl groups is 1. The highest BCUT2D eigenvalue weighted by Gasteiger charge is 2.22. The minimum Gasteiger partial charge on any atom is -0.394 e. The number of aryl methyl sites for hydroxylation is 1. The molecule has 2 N–H and O–H groups in total. The highest BCUT2D eigenvalue weighted by molar-refractivity contribution is 6.39. The van der Waals surface area contributed by atoms with Crippen LogP contribution in [-0.4, -0.2) is 41.5 Å². The molecule has 0 aliphatic rings. The Hall–Kier alpha value is -1.88. The molecule has 0 heterocycles. The van der Waals surface area contributed by atoms with Gasteiger partial charge in [0.2, 0.25) is 0 Å². The first-order valence-corrected chi connectivity index (χ1v) is 5.71. The third-order valence-electron chi connectivity index (χ3n) is 2.75. The fraction of sp³-hybridized carbons (Fsp3) is 0.385. The second-order valence-corrected chi connectivity index (χ2v) is 4.27. The lowest BCUT2D eigenvalue weighted by Gasteiger charge is -2.22. The molecule has 1 aromatic rings. The van der Waals surface area contributed by atoms with Crippen molar-refractivity contribution in [1.29, 1.82) is 0 Å². The topological polar surface area (TPSA) is 69.6 Å². The molecule has 0 radical (unpaired) electrons. The number of nitrogens with one attached hydrogen (secondary N) is 1. The van der Waals surface area contributed by atoms with E-state index in [4.69, 9.17) is 5.11 Å². The second kappa shape index (κ2) is 6.16. The lowest BCUT2D eigenvalue weighted by atomic mass is 10.2. The molecule has 1 unspecified atom stereocenters. The number of nitrogens with zero attached hydrogens (tertiary/aromatic N) is 1. The van der Waals surface area contributed by atoms with Crippen molar-refractivity contribution in [3.8, 4) is 0 Å². The first-order chi connectivity index (χ1) is 8.45. The fourth-order valence-corrected chi connectivity index (χ4v) is 1.30. The Kier molecular flexibility index (Phi) is 4.85. The molecule has 2 amide bonds.